The van der Waals surface area contributed by atoms with Crippen LogP contribution >= 0.6 is 15.9 Å². The summed E-state index contributed by atoms with van der Waals surface area (Å²) >= 11 is 3.30. The van der Waals surface area contributed by atoms with Crippen molar-refractivity contribution in [3.8, 4) is 5.75 Å². The molecule has 7 nitrogen and oxygen atoms in total. The lowest BCUT2D eigenvalue weighted by molar-refractivity contribution is -0.121. The van der Waals surface area contributed by atoms with Crippen LogP contribution in [0.3, 0.4) is 0 Å². The van der Waals surface area contributed by atoms with Crippen molar-refractivity contribution >= 4 is 39.3 Å². The lowest BCUT2D eigenvalue weighted by atomic mass is 10.2. The van der Waals surface area contributed by atoms with E-state index in [1.165, 1.54) is 0 Å². The van der Waals surface area contributed by atoms with Crippen LogP contribution in [0.2, 0.25) is 0 Å². The summed E-state index contributed by atoms with van der Waals surface area (Å²) in [6, 6.07) is 12.8. The smallest absolute Gasteiger partial charge is 0.265 e. The SMILES string of the molecule is CCCOc1ccc(N2C(=O)CC(NNC(=O)c3ccc(Br)cc3)C2=O)cc1. The number of anilines is 1. The number of imide groups is 1. The van der Waals surface area contributed by atoms with Gasteiger partial charge in [0.2, 0.25) is 5.91 Å². The third kappa shape index (κ3) is 4.58. The van der Waals surface area contributed by atoms with Gasteiger partial charge in [0, 0.05) is 10.0 Å². The number of hydrazine groups is 1. The summed E-state index contributed by atoms with van der Waals surface area (Å²) in [5, 5.41) is 0. The van der Waals surface area contributed by atoms with Gasteiger partial charge in [-0.2, -0.15) is 0 Å². The fourth-order valence-electron chi connectivity index (χ4n) is 2.75. The fraction of sp³-hybridized carbons (Fsp3) is 0.250. The Labute approximate surface area is 171 Å². The number of nitrogens with zero attached hydrogens (tertiary/aromatic N) is 1. The molecule has 0 saturated carbocycles. The van der Waals surface area contributed by atoms with Gasteiger partial charge in [0.15, 0.2) is 0 Å². The van der Waals surface area contributed by atoms with Crippen LogP contribution in [0.1, 0.15) is 30.1 Å². The molecule has 1 unspecified atom stereocenters. The van der Waals surface area contributed by atoms with E-state index in [4.69, 9.17) is 4.74 Å². The van der Waals surface area contributed by atoms with E-state index in [1.54, 1.807) is 48.5 Å². The molecular formula is C20H20BrN3O4. The Morgan fingerprint density at radius 3 is 2.46 bits per heavy atom. The second kappa shape index (κ2) is 8.99. The first-order chi connectivity index (χ1) is 13.5. The Bertz CT molecular complexity index is 868. The summed E-state index contributed by atoms with van der Waals surface area (Å²) in [6.45, 7) is 2.61. The van der Waals surface area contributed by atoms with Crippen LogP contribution in [0.4, 0.5) is 5.69 Å². The predicted octanol–water partition coefficient (Wildman–Crippen LogP) is 2.80. The third-order valence-electron chi connectivity index (χ3n) is 4.18. The number of carbonyl (C=O) groups excluding carboxylic acids is 3. The van der Waals surface area contributed by atoms with Crippen molar-refractivity contribution in [1.82, 2.24) is 10.9 Å². The molecule has 0 spiro atoms. The number of hydrogen-bond donors (Lipinski definition) is 2. The maximum Gasteiger partial charge on any atom is 0.265 e. The van der Waals surface area contributed by atoms with Crippen molar-refractivity contribution < 1.29 is 19.1 Å². The predicted molar refractivity (Wildman–Crippen MR) is 108 cm³/mol. The van der Waals surface area contributed by atoms with Gasteiger partial charge in [0.25, 0.3) is 11.8 Å². The zero-order chi connectivity index (χ0) is 20.1. The van der Waals surface area contributed by atoms with Crippen molar-refractivity contribution in [2.24, 2.45) is 0 Å². The molecular weight excluding hydrogens is 426 g/mol. The Kier molecular flexibility index (Phi) is 6.43. The highest BCUT2D eigenvalue weighted by Crippen LogP contribution is 2.25. The molecule has 1 atom stereocenters. The van der Waals surface area contributed by atoms with Crippen LogP contribution in [0.25, 0.3) is 0 Å². The second-order valence-corrected chi connectivity index (χ2v) is 7.19. The van der Waals surface area contributed by atoms with E-state index >= 15 is 0 Å². The van der Waals surface area contributed by atoms with Crippen LogP contribution in [-0.4, -0.2) is 30.4 Å². The number of rotatable bonds is 7. The van der Waals surface area contributed by atoms with E-state index in [0.717, 1.165) is 15.8 Å². The molecule has 0 bridgehead atoms. The van der Waals surface area contributed by atoms with Crippen LogP contribution in [0.5, 0.6) is 5.75 Å². The Balaban J connectivity index is 1.61. The minimum Gasteiger partial charge on any atom is -0.494 e. The molecule has 1 aliphatic heterocycles. The highest BCUT2D eigenvalue weighted by molar-refractivity contribution is 9.10. The number of hydrogen-bond acceptors (Lipinski definition) is 5. The Hall–Kier alpha value is -2.71. The first kappa shape index (κ1) is 20.0. The average Bonchev–Trinajstić information content (AvgIpc) is 2.99. The summed E-state index contributed by atoms with van der Waals surface area (Å²) in [6.07, 6.45) is 0.859. The quantitative estimate of drug-likeness (QED) is 0.505. The average molecular weight is 446 g/mol. The summed E-state index contributed by atoms with van der Waals surface area (Å²) in [5.74, 6) is -0.448. The number of benzene rings is 2. The minimum absolute atomic E-state index is 0.0342. The second-order valence-electron chi connectivity index (χ2n) is 6.27. The van der Waals surface area contributed by atoms with E-state index in [1.807, 2.05) is 6.92 Å². The van der Waals surface area contributed by atoms with E-state index in [9.17, 15) is 14.4 Å². The molecule has 2 aromatic rings. The molecule has 1 fully saturated rings. The topological polar surface area (TPSA) is 87.7 Å². The van der Waals surface area contributed by atoms with Gasteiger partial charge < -0.3 is 4.74 Å². The molecule has 1 aliphatic rings. The number of amides is 3. The van der Waals surface area contributed by atoms with Crippen LogP contribution in [0.15, 0.2) is 53.0 Å². The molecule has 1 heterocycles. The molecule has 2 N–H and O–H groups in total. The van der Waals surface area contributed by atoms with Gasteiger partial charge in [-0.05, 0) is 55.0 Å². The molecule has 28 heavy (non-hydrogen) atoms. The molecule has 3 amide bonds. The van der Waals surface area contributed by atoms with E-state index in [-0.39, 0.29) is 18.2 Å². The Morgan fingerprint density at radius 1 is 1.14 bits per heavy atom. The summed E-state index contributed by atoms with van der Waals surface area (Å²) in [4.78, 5) is 38.2. The minimum atomic E-state index is -0.817. The molecule has 0 aliphatic carbocycles. The molecule has 2 aromatic carbocycles. The first-order valence-electron chi connectivity index (χ1n) is 8.90. The summed E-state index contributed by atoms with van der Waals surface area (Å²) in [5.41, 5.74) is 6.07. The van der Waals surface area contributed by atoms with Gasteiger partial charge >= 0.3 is 0 Å². The van der Waals surface area contributed by atoms with Crippen molar-refractivity contribution in [3.63, 3.8) is 0 Å². The highest BCUT2D eigenvalue weighted by atomic mass is 79.9. The van der Waals surface area contributed by atoms with Crippen molar-refractivity contribution in [2.75, 3.05) is 11.5 Å². The zero-order valence-corrected chi connectivity index (χ0v) is 16.9. The van der Waals surface area contributed by atoms with Crippen molar-refractivity contribution in [2.45, 2.75) is 25.8 Å². The Morgan fingerprint density at radius 2 is 1.82 bits per heavy atom. The third-order valence-corrected chi connectivity index (χ3v) is 4.71. The zero-order valence-electron chi connectivity index (χ0n) is 15.3. The molecule has 0 radical (unpaired) electrons. The van der Waals surface area contributed by atoms with Gasteiger partial charge in [-0.1, -0.05) is 22.9 Å². The standard InChI is InChI=1S/C20H20BrN3O4/c1-2-11-28-16-9-7-15(8-10-16)24-18(25)12-17(20(24)27)22-23-19(26)13-3-5-14(21)6-4-13/h3-10,17,22H,2,11-12H2,1H3,(H,23,26). The molecule has 8 heteroatoms. The maximum absolute atomic E-state index is 12.6. The van der Waals surface area contributed by atoms with Gasteiger partial charge in [0.1, 0.15) is 11.8 Å². The fourth-order valence-corrected chi connectivity index (χ4v) is 3.02. The van der Waals surface area contributed by atoms with Crippen molar-refractivity contribution in [1.29, 1.82) is 0 Å². The molecule has 1 saturated heterocycles. The summed E-state index contributed by atoms with van der Waals surface area (Å²) < 4.78 is 6.37. The molecule has 0 aromatic heterocycles. The number of carbonyl (C=O) groups is 3. The number of halogens is 1. The monoisotopic (exact) mass is 445 g/mol. The number of ether oxygens (including phenoxy) is 1. The van der Waals surface area contributed by atoms with E-state index in [2.05, 4.69) is 26.8 Å². The maximum atomic E-state index is 12.6. The van der Waals surface area contributed by atoms with E-state index in [0.29, 0.717) is 23.6 Å². The van der Waals surface area contributed by atoms with Crippen LogP contribution in [-0.2, 0) is 9.59 Å². The van der Waals surface area contributed by atoms with Crippen molar-refractivity contribution in [3.05, 3.63) is 58.6 Å². The van der Waals surface area contributed by atoms with Crippen LogP contribution in [0, 0.1) is 0 Å². The number of nitrogens with one attached hydrogen (secondary N) is 2. The van der Waals surface area contributed by atoms with Gasteiger partial charge in [0.05, 0.1) is 18.7 Å². The first-order valence-corrected chi connectivity index (χ1v) is 9.70. The van der Waals surface area contributed by atoms with Crippen LogP contribution < -0.4 is 20.5 Å². The lowest BCUT2D eigenvalue weighted by Gasteiger charge is -2.16. The van der Waals surface area contributed by atoms with Gasteiger partial charge in [-0.25, -0.2) is 10.3 Å². The highest BCUT2D eigenvalue weighted by Gasteiger charge is 2.39. The normalized spacial score (nSPS) is 16.4. The largest absolute Gasteiger partial charge is 0.494 e. The molecule has 146 valence electrons. The molecule has 3 rings (SSSR count). The van der Waals surface area contributed by atoms with Gasteiger partial charge in [-0.3, -0.25) is 19.8 Å². The van der Waals surface area contributed by atoms with E-state index < -0.39 is 11.9 Å². The van der Waals surface area contributed by atoms with Gasteiger partial charge in [-0.15, -0.1) is 0 Å². The summed E-state index contributed by atoms with van der Waals surface area (Å²) in [7, 11) is 0. The lowest BCUT2D eigenvalue weighted by Crippen LogP contribution is -2.48.